The van der Waals surface area contributed by atoms with Crippen LogP contribution < -0.4 is 15.5 Å². The normalized spacial score (nSPS) is 11.2. The molecule has 0 bridgehead atoms. The van der Waals surface area contributed by atoms with E-state index < -0.39 is 0 Å². The molecule has 0 spiro atoms. The van der Waals surface area contributed by atoms with E-state index in [4.69, 9.17) is 0 Å². The van der Waals surface area contributed by atoms with E-state index in [0.717, 1.165) is 23.6 Å². The van der Waals surface area contributed by atoms with Crippen molar-refractivity contribution >= 4 is 11.8 Å². The average molecular weight is 329 g/mol. The zero-order valence-corrected chi connectivity index (χ0v) is 14.4. The Labute approximate surface area is 142 Å². The average Bonchev–Trinajstić information content (AvgIpc) is 2.57. The van der Waals surface area contributed by atoms with Crippen molar-refractivity contribution < 1.29 is 4.39 Å². The first-order chi connectivity index (χ1) is 11.6. The van der Waals surface area contributed by atoms with Crippen LogP contribution in [-0.2, 0) is 13.1 Å². The molecule has 0 saturated carbocycles. The van der Waals surface area contributed by atoms with E-state index in [2.05, 4.69) is 20.6 Å². The van der Waals surface area contributed by atoms with Crippen molar-refractivity contribution in [1.82, 2.24) is 15.6 Å². The number of halogens is 1. The molecule has 0 atom stereocenters. The first-order valence-corrected chi connectivity index (χ1v) is 7.98. The maximum absolute atomic E-state index is 13.2. The Hall–Kier alpha value is -2.63. The molecule has 24 heavy (non-hydrogen) atoms. The first kappa shape index (κ1) is 17.7. The molecule has 1 aromatic carbocycles. The van der Waals surface area contributed by atoms with Crippen molar-refractivity contribution in [2.45, 2.75) is 20.0 Å². The monoisotopic (exact) mass is 329 g/mol. The first-order valence-electron chi connectivity index (χ1n) is 7.98. The zero-order valence-electron chi connectivity index (χ0n) is 14.4. The maximum atomic E-state index is 13.2. The molecule has 0 aliphatic heterocycles. The van der Waals surface area contributed by atoms with Gasteiger partial charge in [-0.25, -0.2) is 14.4 Å². The molecule has 6 heteroatoms. The highest BCUT2D eigenvalue weighted by atomic mass is 19.1. The van der Waals surface area contributed by atoms with Crippen LogP contribution in [0, 0.1) is 5.82 Å². The van der Waals surface area contributed by atoms with Crippen molar-refractivity contribution in [1.29, 1.82) is 0 Å². The molecule has 1 heterocycles. The van der Waals surface area contributed by atoms with Gasteiger partial charge in [0.15, 0.2) is 5.96 Å². The van der Waals surface area contributed by atoms with Crippen LogP contribution >= 0.6 is 0 Å². The second kappa shape index (κ2) is 8.86. The summed E-state index contributed by atoms with van der Waals surface area (Å²) in [6.45, 7) is 3.74. The van der Waals surface area contributed by atoms with Crippen molar-refractivity contribution in [2.24, 2.45) is 4.99 Å². The Kier molecular flexibility index (Phi) is 6.54. The van der Waals surface area contributed by atoms with Crippen LogP contribution in [-0.4, -0.2) is 31.6 Å². The summed E-state index contributed by atoms with van der Waals surface area (Å²) in [5.41, 5.74) is 1.76. The van der Waals surface area contributed by atoms with E-state index in [-0.39, 0.29) is 5.82 Å². The largest absolute Gasteiger partial charge is 0.363 e. The molecule has 1 aromatic heterocycles. The van der Waals surface area contributed by atoms with Crippen molar-refractivity contribution in [3.63, 3.8) is 0 Å². The summed E-state index contributed by atoms with van der Waals surface area (Å²) in [6, 6.07) is 12.4. The third-order valence-electron chi connectivity index (χ3n) is 3.34. The molecule has 2 N–H and O–H groups in total. The molecule has 2 rings (SSSR count). The Balaban J connectivity index is 2.00. The van der Waals surface area contributed by atoms with Gasteiger partial charge in [-0.15, -0.1) is 0 Å². The molecule has 0 amide bonds. The highest BCUT2D eigenvalue weighted by molar-refractivity contribution is 5.79. The minimum Gasteiger partial charge on any atom is -0.363 e. The van der Waals surface area contributed by atoms with E-state index in [9.17, 15) is 4.39 Å². The SMILES string of the molecule is CCNC(=NCc1cccc(F)c1)NCc1cccc(N(C)C)n1. The summed E-state index contributed by atoms with van der Waals surface area (Å²) in [7, 11) is 3.92. The van der Waals surface area contributed by atoms with Gasteiger partial charge in [0.25, 0.3) is 0 Å². The number of rotatable bonds is 6. The quantitative estimate of drug-likeness (QED) is 0.632. The zero-order chi connectivity index (χ0) is 17.4. The van der Waals surface area contributed by atoms with Crippen LogP contribution in [0.15, 0.2) is 47.5 Å². The van der Waals surface area contributed by atoms with Gasteiger partial charge in [0.05, 0.1) is 18.8 Å². The molecule has 0 aliphatic rings. The van der Waals surface area contributed by atoms with Crippen LogP contribution in [0.2, 0.25) is 0 Å². The Morgan fingerprint density at radius 2 is 1.96 bits per heavy atom. The number of nitrogens with one attached hydrogen (secondary N) is 2. The maximum Gasteiger partial charge on any atom is 0.191 e. The van der Waals surface area contributed by atoms with Crippen LogP contribution in [0.1, 0.15) is 18.2 Å². The molecule has 0 radical (unpaired) electrons. The van der Waals surface area contributed by atoms with Crippen molar-refractivity contribution in [3.05, 3.63) is 59.5 Å². The number of aromatic nitrogens is 1. The van der Waals surface area contributed by atoms with Crippen LogP contribution in [0.5, 0.6) is 0 Å². The number of anilines is 1. The number of hydrogen-bond donors (Lipinski definition) is 2. The van der Waals surface area contributed by atoms with Gasteiger partial charge >= 0.3 is 0 Å². The summed E-state index contributed by atoms with van der Waals surface area (Å²) in [5, 5.41) is 6.43. The minimum atomic E-state index is -0.245. The van der Waals surface area contributed by atoms with E-state index in [1.54, 1.807) is 6.07 Å². The van der Waals surface area contributed by atoms with Crippen LogP contribution in [0.3, 0.4) is 0 Å². The number of hydrogen-bond acceptors (Lipinski definition) is 3. The second-order valence-electron chi connectivity index (χ2n) is 5.56. The Morgan fingerprint density at radius 3 is 2.67 bits per heavy atom. The fourth-order valence-electron chi connectivity index (χ4n) is 2.14. The van der Waals surface area contributed by atoms with Gasteiger partial charge in [0.1, 0.15) is 11.6 Å². The molecular weight excluding hydrogens is 305 g/mol. The van der Waals surface area contributed by atoms with Crippen LogP contribution in [0.25, 0.3) is 0 Å². The second-order valence-corrected chi connectivity index (χ2v) is 5.56. The van der Waals surface area contributed by atoms with Crippen molar-refractivity contribution in [2.75, 3.05) is 25.5 Å². The third kappa shape index (κ3) is 5.53. The van der Waals surface area contributed by atoms with Gasteiger partial charge in [0, 0.05) is 20.6 Å². The van der Waals surface area contributed by atoms with Gasteiger partial charge in [-0.2, -0.15) is 0 Å². The number of nitrogens with zero attached hydrogens (tertiary/aromatic N) is 3. The fraction of sp³-hybridized carbons (Fsp3) is 0.333. The molecule has 0 aliphatic carbocycles. The highest BCUT2D eigenvalue weighted by Crippen LogP contribution is 2.08. The summed E-state index contributed by atoms with van der Waals surface area (Å²) < 4.78 is 13.2. The van der Waals surface area contributed by atoms with Gasteiger partial charge in [-0.05, 0) is 36.8 Å². The summed E-state index contributed by atoms with van der Waals surface area (Å²) in [6.07, 6.45) is 0. The van der Waals surface area contributed by atoms with Crippen LogP contribution in [0.4, 0.5) is 10.2 Å². The van der Waals surface area contributed by atoms with E-state index >= 15 is 0 Å². The number of guanidine groups is 1. The fourth-order valence-corrected chi connectivity index (χ4v) is 2.14. The standard InChI is InChI=1S/C18H24FN5/c1-4-20-18(21-12-14-7-5-8-15(19)11-14)22-13-16-9-6-10-17(23-16)24(2)3/h5-11H,4,12-13H2,1-3H3,(H2,20,21,22). The smallest absolute Gasteiger partial charge is 0.191 e. The summed E-state index contributed by atoms with van der Waals surface area (Å²) in [5.74, 6) is 1.35. The van der Waals surface area contributed by atoms with Crippen molar-refractivity contribution in [3.8, 4) is 0 Å². The minimum absolute atomic E-state index is 0.245. The van der Waals surface area contributed by atoms with E-state index in [0.29, 0.717) is 19.0 Å². The highest BCUT2D eigenvalue weighted by Gasteiger charge is 2.02. The number of aliphatic imine (C=N–C) groups is 1. The molecule has 5 nitrogen and oxygen atoms in total. The van der Waals surface area contributed by atoms with Gasteiger partial charge in [-0.1, -0.05) is 18.2 Å². The lowest BCUT2D eigenvalue weighted by Crippen LogP contribution is -2.37. The number of pyridine rings is 1. The predicted octanol–water partition coefficient (Wildman–Crippen LogP) is 2.54. The van der Waals surface area contributed by atoms with Gasteiger partial charge < -0.3 is 15.5 Å². The summed E-state index contributed by atoms with van der Waals surface area (Å²) >= 11 is 0. The van der Waals surface area contributed by atoms with Gasteiger partial charge in [-0.3, -0.25) is 0 Å². The molecule has 128 valence electrons. The van der Waals surface area contributed by atoms with E-state index in [1.807, 2.05) is 50.2 Å². The lowest BCUT2D eigenvalue weighted by Gasteiger charge is -2.14. The lowest BCUT2D eigenvalue weighted by atomic mass is 10.2. The molecule has 0 unspecified atom stereocenters. The Morgan fingerprint density at radius 1 is 1.17 bits per heavy atom. The topological polar surface area (TPSA) is 52.6 Å². The van der Waals surface area contributed by atoms with Gasteiger partial charge in [0.2, 0.25) is 0 Å². The predicted molar refractivity (Wildman–Crippen MR) is 96.6 cm³/mol. The Bertz CT molecular complexity index is 685. The summed E-state index contributed by atoms with van der Waals surface area (Å²) in [4.78, 5) is 11.0. The number of benzene rings is 1. The third-order valence-corrected chi connectivity index (χ3v) is 3.34. The molecule has 0 saturated heterocycles. The molecule has 0 fully saturated rings. The van der Waals surface area contributed by atoms with E-state index in [1.165, 1.54) is 12.1 Å². The molecular formula is C18H24FN5. The lowest BCUT2D eigenvalue weighted by molar-refractivity contribution is 0.625. The molecule has 2 aromatic rings.